The molecule has 106 valence electrons. The van der Waals surface area contributed by atoms with Crippen molar-refractivity contribution in [2.75, 3.05) is 19.0 Å². The lowest BCUT2D eigenvalue weighted by Crippen LogP contribution is -2.05. The number of nitrogens with one attached hydrogen (secondary N) is 1. The number of hydrogen-bond acceptors (Lipinski definition) is 5. The Balaban J connectivity index is 2.48. The smallest absolute Gasteiger partial charge is 0.182 e. The van der Waals surface area contributed by atoms with Gasteiger partial charge in [-0.25, -0.2) is 15.0 Å². The molecule has 0 bridgehead atoms. The molecule has 0 saturated carbocycles. The van der Waals surface area contributed by atoms with E-state index >= 15 is 0 Å². The van der Waals surface area contributed by atoms with E-state index in [-0.39, 0.29) is 0 Å². The van der Waals surface area contributed by atoms with Gasteiger partial charge in [-0.1, -0.05) is 23.2 Å². The molecule has 5 nitrogen and oxygen atoms in total. The molecule has 0 unspecified atom stereocenters. The molecule has 0 fully saturated rings. The zero-order valence-electron chi connectivity index (χ0n) is 11.2. The second kappa shape index (κ2) is 6.83. The maximum Gasteiger partial charge on any atom is 0.182 e. The fraction of sp³-hybridized carbons (Fsp3) is 0.308. The number of anilines is 1. The number of ether oxygens (including phenoxy) is 1. The quantitative estimate of drug-likeness (QED) is 0.916. The van der Waals surface area contributed by atoms with Gasteiger partial charge in [-0.2, -0.15) is 0 Å². The average Bonchev–Trinajstić information content (AvgIpc) is 2.39. The van der Waals surface area contributed by atoms with Crippen LogP contribution in [0.5, 0.6) is 0 Å². The number of rotatable bonds is 5. The van der Waals surface area contributed by atoms with Gasteiger partial charge in [-0.3, -0.25) is 0 Å². The van der Waals surface area contributed by atoms with Crippen LogP contribution in [0.15, 0.2) is 18.3 Å². The summed E-state index contributed by atoms with van der Waals surface area (Å²) in [6, 6.07) is 3.45. The number of halogens is 2. The van der Waals surface area contributed by atoms with E-state index < -0.39 is 0 Å². The van der Waals surface area contributed by atoms with E-state index in [0.717, 1.165) is 12.2 Å². The summed E-state index contributed by atoms with van der Waals surface area (Å²) in [4.78, 5) is 13.0. The minimum absolute atomic E-state index is 0.388. The van der Waals surface area contributed by atoms with Crippen molar-refractivity contribution in [2.45, 2.75) is 13.5 Å². The van der Waals surface area contributed by atoms with Gasteiger partial charge in [-0.15, -0.1) is 0 Å². The Hall–Kier alpha value is -1.43. The van der Waals surface area contributed by atoms with Crippen molar-refractivity contribution in [1.82, 2.24) is 15.0 Å². The van der Waals surface area contributed by atoms with E-state index in [2.05, 4.69) is 20.3 Å². The van der Waals surface area contributed by atoms with Crippen LogP contribution < -0.4 is 5.32 Å². The van der Waals surface area contributed by atoms with Crippen LogP contribution >= 0.6 is 23.2 Å². The molecule has 0 saturated heterocycles. The summed E-state index contributed by atoms with van der Waals surface area (Å²) in [6.07, 6.45) is 1.52. The van der Waals surface area contributed by atoms with Gasteiger partial charge in [0.25, 0.3) is 0 Å². The number of methoxy groups -OCH3 is 1. The third kappa shape index (κ3) is 3.56. The van der Waals surface area contributed by atoms with Crippen LogP contribution in [0.3, 0.4) is 0 Å². The van der Waals surface area contributed by atoms with Gasteiger partial charge in [0, 0.05) is 25.9 Å². The highest BCUT2D eigenvalue weighted by Gasteiger charge is 2.12. The maximum atomic E-state index is 6.14. The molecule has 2 aromatic rings. The molecule has 1 N–H and O–H groups in total. The van der Waals surface area contributed by atoms with Gasteiger partial charge in [0.05, 0.1) is 22.3 Å². The Labute approximate surface area is 127 Å². The van der Waals surface area contributed by atoms with Crippen molar-refractivity contribution in [3.63, 3.8) is 0 Å². The Morgan fingerprint density at radius 1 is 1.25 bits per heavy atom. The summed E-state index contributed by atoms with van der Waals surface area (Å²) < 4.78 is 5.11. The second-order valence-corrected chi connectivity index (χ2v) is 4.86. The predicted octanol–water partition coefficient (Wildman–Crippen LogP) is 3.42. The zero-order chi connectivity index (χ0) is 14.5. The summed E-state index contributed by atoms with van der Waals surface area (Å²) in [7, 11) is 1.61. The molecule has 0 aliphatic rings. The van der Waals surface area contributed by atoms with Gasteiger partial charge < -0.3 is 10.1 Å². The molecule has 0 radical (unpaired) electrons. The number of aromatic nitrogens is 3. The van der Waals surface area contributed by atoms with Gasteiger partial charge >= 0.3 is 0 Å². The summed E-state index contributed by atoms with van der Waals surface area (Å²) >= 11 is 12.0. The van der Waals surface area contributed by atoms with Crippen molar-refractivity contribution in [2.24, 2.45) is 0 Å². The molecule has 0 atom stereocenters. The van der Waals surface area contributed by atoms with Gasteiger partial charge in [0.2, 0.25) is 0 Å². The van der Waals surface area contributed by atoms with E-state index in [4.69, 9.17) is 27.9 Å². The van der Waals surface area contributed by atoms with E-state index in [1.807, 2.05) is 13.0 Å². The monoisotopic (exact) mass is 312 g/mol. The van der Waals surface area contributed by atoms with Gasteiger partial charge in [0.1, 0.15) is 11.5 Å². The highest BCUT2D eigenvalue weighted by Crippen LogP contribution is 2.26. The Morgan fingerprint density at radius 2 is 2.05 bits per heavy atom. The van der Waals surface area contributed by atoms with E-state index in [1.165, 1.54) is 6.20 Å². The van der Waals surface area contributed by atoms with Gasteiger partial charge in [0.15, 0.2) is 5.82 Å². The summed E-state index contributed by atoms with van der Waals surface area (Å²) in [5.74, 6) is 1.15. The van der Waals surface area contributed by atoms with Crippen molar-refractivity contribution in [3.05, 3.63) is 34.1 Å². The Morgan fingerprint density at radius 3 is 2.70 bits per heavy atom. The molecule has 0 aliphatic heterocycles. The van der Waals surface area contributed by atoms with E-state index in [9.17, 15) is 0 Å². The minimum Gasteiger partial charge on any atom is -0.378 e. The first-order valence-corrected chi connectivity index (χ1v) is 6.81. The lowest BCUT2D eigenvalue weighted by atomic mass is 10.3. The Bertz CT molecular complexity index is 583. The second-order valence-electron chi connectivity index (χ2n) is 4.02. The first-order chi connectivity index (χ1) is 9.63. The molecule has 2 rings (SSSR count). The maximum absolute atomic E-state index is 6.14. The molecular weight excluding hydrogens is 299 g/mol. The zero-order valence-corrected chi connectivity index (χ0v) is 12.7. The fourth-order valence-electron chi connectivity index (χ4n) is 1.68. The SMILES string of the molecule is CCNc1cc(COC)nc(-c2ncc(Cl)cc2Cl)n1. The standard InChI is InChI=1S/C13H14Cl2N4O/c1-3-16-11-5-9(7-20-2)18-13(19-11)12-10(15)4-8(14)6-17-12/h4-6H,3,7H2,1-2H3,(H,16,18,19). The van der Waals surface area contributed by atoms with Crippen LogP contribution in [0, 0.1) is 0 Å². The van der Waals surface area contributed by atoms with E-state index in [1.54, 1.807) is 13.2 Å². The lowest BCUT2D eigenvalue weighted by Gasteiger charge is -2.09. The Kier molecular flexibility index (Phi) is 5.11. The van der Waals surface area contributed by atoms with Crippen molar-refractivity contribution in [1.29, 1.82) is 0 Å². The molecule has 2 heterocycles. The van der Waals surface area contributed by atoms with Crippen LogP contribution in [-0.2, 0) is 11.3 Å². The normalized spacial score (nSPS) is 10.6. The molecule has 7 heteroatoms. The van der Waals surface area contributed by atoms with Crippen LogP contribution in [0.4, 0.5) is 5.82 Å². The molecule has 20 heavy (non-hydrogen) atoms. The third-order valence-corrected chi connectivity index (χ3v) is 2.94. The average molecular weight is 313 g/mol. The van der Waals surface area contributed by atoms with Gasteiger partial charge in [-0.05, 0) is 13.0 Å². The van der Waals surface area contributed by atoms with Crippen LogP contribution in [-0.4, -0.2) is 28.6 Å². The highest BCUT2D eigenvalue weighted by molar-refractivity contribution is 6.35. The van der Waals surface area contributed by atoms with Crippen LogP contribution in [0.2, 0.25) is 10.0 Å². The van der Waals surface area contributed by atoms with Crippen LogP contribution in [0.1, 0.15) is 12.6 Å². The highest BCUT2D eigenvalue weighted by atomic mass is 35.5. The minimum atomic E-state index is 0.388. The van der Waals surface area contributed by atoms with Crippen LogP contribution in [0.25, 0.3) is 11.5 Å². The first kappa shape index (κ1) is 15.0. The van der Waals surface area contributed by atoms with Crippen molar-refractivity contribution >= 4 is 29.0 Å². The lowest BCUT2D eigenvalue weighted by molar-refractivity contribution is 0.181. The van der Waals surface area contributed by atoms with Crippen molar-refractivity contribution in [3.8, 4) is 11.5 Å². The predicted molar refractivity (Wildman–Crippen MR) is 80.2 cm³/mol. The van der Waals surface area contributed by atoms with E-state index in [0.29, 0.717) is 34.0 Å². The summed E-state index contributed by atoms with van der Waals surface area (Å²) in [5.41, 5.74) is 1.24. The third-order valence-electron chi connectivity index (χ3n) is 2.45. The molecule has 0 amide bonds. The van der Waals surface area contributed by atoms with Crippen molar-refractivity contribution < 1.29 is 4.74 Å². The largest absolute Gasteiger partial charge is 0.378 e. The molecule has 0 aliphatic carbocycles. The molecule has 2 aromatic heterocycles. The number of pyridine rings is 1. The number of hydrogen-bond donors (Lipinski definition) is 1. The molecule has 0 aromatic carbocycles. The number of nitrogens with zero attached hydrogens (tertiary/aromatic N) is 3. The summed E-state index contributed by atoms with van der Waals surface area (Å²) in [6.45, 7) is 3.13. The first-order valence-electron chi connectivity index (χ1n) is 6.06. The fourth-order valence-corrected chi connectivity index (χ4v) is 2.14. The molecule has 0 spiro atoms. The molecular formula is C13H14Cl2N4O. The summed E-state index contributed by atoms with van der Waals surface area (Å²) in [5, 5.41) is 4.03. The topological polar surface area (TPSA) is 59.9 Å².